The van der Waals surface area contributed by atoms with E-state index >= 15 is 0 Å². The number of halogens is 1. The summed E-state index contributed by atoms with van der Waals surface area (Å²) in [6.07, 6.45) is 2.38. The third-order valence-corrected chi connectivity index (χ3v) is 4.58. The fourth-order valence-electron chi connectivity index (χ4n) is 3.48. The number of fused-ring (bicyclic) bond motifs is 1. The molecule has 1 fully saturated rings. The Labute approximate surface area is 125 Å². The molecule has 0 saturated carbocycles. The van der Waals surface area contributed by atoms with Gasteiger partial charge in [0, 0.05) is 6.04 Å². The molecule has 2 aromatic rings. The summed E-state index contributed by atoms with van der Waals surface area (Å²) < 4.78 is 15.8. The molecular weight excluding hydrogens is 265 g/mol. The highest BCUT2D eigenvalue weighted by atomic mass is 19.1. The smallest absolute Gasteiger partial charge is 0.127 e. The molecular formula is C17H24FN3. The van der Waals surface area contributed by atoms with Crippen LogP contribution < -0.4 is 5.32 Å². The van der Waals surface area contributed by atoms with Gasteiger partial charge in [0.25, 0.3) is 0 Å². The molecule has 0 radical (unpaired) electrons. The summed E-state index contributed by atoms with van der Waals surface area (Å²) >= 11 is 0. The second-order valence-electron chi connectivity index (χ2n) is 7.05. The fraction of sp³-hybridized carbons (Fsp3) is 0.588. The molecule has 1 saturated heterocycles. The lowest BCUT2D eigenvalue weighted by atomic mass is 9.77. The molecule has 0 spiro atoms. The highest BCUT2D eigenvalue weighted by molar-refractivity contribution is 5.76. The Balaban J connectivity index is 2.19. The third kappa shape index (κ3) is 2.46. The predicted molar refractivity (Wildman–Crippen MR) is 83.8 cm³/mol. The Morgan fingerprint density at radius 2 is 2.14 bits per heavy atom. The normalized spacial score (nSPS) is 22.1. The first-order valence-electron chi connectivity index (χ1n) is 7.81. The van der Waals surface area contributed by atoms with Gasteiger partial charge >= 0.3 is 0 Å². The monoisotopic (exact) mass is 289 g/mol. The number of hydrogen-bond donors (Lipinski definition) is 1. The minimum Gasteiger partial charge on any atom is -0.324 e. The number of rotatable bonds is 2. The van der Waals surface area contributed by atoms with Gasteiger partial charge in [-0.25, -0.2) is 9.37 Å². The molecule has 3 rings (SSSR count). The maximum Gasteiger partial charge on any atom is 0.127 e. The van der Waals surface area contributed by atoms with Crippen LogP contribution in [-0.2, 0) is 0 Å². The molecule has 0 bridgehead atoms. The number of aromatic nitrogens is 2. The van der Waals surface area contributed by atoms with E-state index in [0.717, 1.165) is 23.4 Å². The molecule has 1 N–H and O–H groups in total. The number of nitrogens with one attached hydrogen (secondary N) is 1. The van der Waals surface area contributed by atoms with Crippen LogP contribution in [0.4, 0.5) is 4.39 Å². The molecule has 1 aromatic carbocycles. The molecule has 3 nitrogen and oxygen atoms in total. The van der Waals surface area contributed by atoms with Gasteiger partial charge in [0.15, 0.2) is 0 Å². The van der Waals surface area contributed by atoms with Crippen LogP contribution in [0.25, 0.3) is 11.0 Å². The summed E-state index contributed by atoms with van der Waals surface area (Å²) in [7, 11) is 0. The van der Waals surface area contributed by atoms with Crippen molar-refractivity contribution in [1.82, 2.24) is 14.9 Å². The van der Waals surface area contributed by atoms with Crippen LogP contribution in [0.3, 0.4) is 0 Å². The SMILES string of the molecule is CC(C)n1c(C2NCCCC2(C)C)nc2ccc(F)cc21. The van der Waals surface area contributed by atoms with Gasteiger partial charge in [-0.3, -0.25) is 0 Å². The van der Waals surface area contributed by atoms with Crippen LogP contribution in [0.5, 0.6) is 0 Å². The van der Waals surface area contributed by atoms with Gasteiger partial charge in [0.05, 0.1) is 17.1 Å². The largest absolute Gasteiger partial charge is 0.324 e. The first-order chi connectivity index (χ1) is 9.90. The van der Waals surface area contributed by atoms with Gasteiger partial charge in [-0.2, -0.15) is 0 Å². The van der Waals surface area contributed by atoms with E-state index in [9.17, 15) is 4.39 Å². The Morgan fingerprint density at radius 3 is 2.81 bits per heavy atom. The molecule has 1 aliphatic heterocycles. The molecule has 0 amide bonds. The average molecular weight is 289 g/mol. The van der Waals surface area contributed by atoms with E-state index in [1.807, 2.05) is 0 Å². The zero-order chi connectivity index (χ0) is 15.2. The Hall–Kier alpha value is -1.42. The van der Waals surface area contributed by atoms with Gasteiger partial charge < -0.3 is 9.88 Å². The van der Waals surface area contributed by atoms with E-state index in [-0.39, 0.29) is 23.3 Å². The summed E-state index contributed by atoms with van der Waals surface area (Å²) in [5.74, 6) is 0.835. The van der Waals surface area contributed by atoms with E-state index in [2.05, 4.69) is 37.6 Å². The molecule has 21 heavy (non-hydrogen) atoms. The van der Waals surface area contributed by atoms with Crippen LogP contribution in [0.15, 0.2) is 18.2 Å². The van der Waals surface area contributed by atoms with Crippen molar-refractivity contribution in [2.75, 3.05) is 6.54 Å². The summed E-state index contributed by atoms with van der Waals surface area (Å²) in [4.78, 5) is 4.83. The van der Waals surface area contributed by atoms with Crippen LogP contribution in [-0.4, -0.2) is 16.1 Å². The first-order valence-corrected chi connectivity index (χ1v) is 7.81. The predicted octanol–water partition coefficient (Wildman–Crippen LogP) is 4.21. The molecule has 1 aliphatic rings. The van der Waals surface area contributed by atoms with Crippen molar-refractivity contribution in [3.8, 4) is 0 Å². The van der Waals surface area contributed by atoms with Crippen LogP contribution in [0.2, 0.25) is 0 Å². The minimum atomic E-state index is -0.202. The maximum absolute atomic E-state index is 13.6. The second kappa shape index (κ2) is 5.09. The van der Waals surface area contributed by atoms with Crippen molar-refractivity contribution in [2.24, 2.45) is 5.41 Å². The number of nitrogens with zero attached hydrogens (tertiary/aromatic N) is 2. The highest BCUT2D eigenvalue weighted by Gasteiger charge is 2.36. The zero-order valence-electron chi connectivity index (χ0n) is 13.3. The average Bonchev–Trinajstić information content (AvgIpc) is 2.76. The van der Waals surface area contributed by atoms with Crippen molar-refractivity contribution < 1.29 is 4.39 Å². The van der Waals surface area contributed by atoms with Crippen LogP contribution in [0.1, 0.15) is 58.4 Å². The lowest BCUT2D eigenvalue weighted by molar-refractivity contribution is 0.169. The van der Waals surface area contributed by atoms with Gasteiger partial charge in [0.1, 0.15) is 11.6 Å². The molecule has 1 unspecified atom stereocenters. The molecule has 114 valence electrons. The summed E-state index contributed by atoms with van der Waals surface area (Å²) in [6, 6.07) is 5.34. The topological polar surface area (TPSA) is 29.9 Å². The van der Waals surface area contributed by atoms with Gasteiger partial charge in [0.2, 0.25) is 0 Å². The van der Waals surface area contributed by atoms with E-state index in [1.54, 1.807) is 12.1 Å². The fourth-order valence-corrected chi connectivity index (χ4v) is 3.48. The van der Waals surface area contributed by atoms with Crippen molar-refractivity contribution in [3.05, 3.63) is 29.8 Å². The molecule has 1 atom stereocenters. The van der Waals surface area contributed by atoms with Crippen molar-refractivity contribution in [2.45, 2.75) is 52.6 Å². The minimum absolute atomic E-state index is 0.158. The second-order valence-corrected chi connectivity index (χ2v) is 7.05. The van der Waals surface area contributed by atoms with Crippen LogP contribution >= 0.6 is 0 Å². The van der Waals surface area contributed by atoms with Crippen molar-refractivity contribution in [1.29, 1.82) is 0 Å². The number of hydrogen-bond acceptors (Lipinski definition) is 2. The lowest BCUT2D eigenvalue weighted by Crippen LogP contribution is -2.41. The molecule has 4 heteroatoms. The molecule has 2 heterocycles. The molecule has 0 aliphatic carbocycles. The van der Waals surface area contributed by atoms with E-state index in [4.69, 9.17) is 4.98 Å². The van der Waals surface area contributed by atoms with E-state index in [1.165, 1.54) is 18.9 Å². The Kier molecular flexibility index (Phi) is 3.52. The highest BCUT2D eigenvalue weighted by Crippen LogP contribution is 2.41. The summed E-state index contributed by atoms with van der Waals surface area (Å²) in [5, 5.41) is 3.62. The van der Waals surface area contributed by atoms with Crippen molar-refractivity contribution in [3.63, 3.8) is 0 Å². The number of benzene rings is 1. The Morgan fingerprint density at radius 1 is 1.38 bits per heavy atom. The summed E-state index contributed by atoms with van der Waals surface area (Å²) in [5.41, 5.74) is 1.93. The zero-order valence-corrected chi connectivity index (χ0v) is 13.3. The number of piperidine rings is 1. The lowest BCUT2D eigenvalue weighted by Gasteiger charge is -2.39. The van der Waals surface area contributed by atoms with Crippen LogP contribution in [0, 0.1) is 11.2 Å². The van der Waals surface area contributed by atoms with E-state index < -0.39 is 0 Å². The number of imidazole rings is 1. The van der Waals surface area contributed by atoms with E-state index in [0.29, 0.717) is 0 Å². The third-order valence-electron chi connectivity index (χ3n) is 4.58. The van der Waals surface area contributed by atoms with Gasteiger partial charge in [-0.15, -0.1) is 0 Å². The first kappa shape index (κ1) is 14.5. The van der Waals surface area contributed by atoms with Gasteiger partial charge in [-0.05, 0) is 56.8 Å². The Bertz CT molecular complexity index is 657. The maximum atomic E-state index is 13.6. The summed E-state index contributed by atoms with van der Waals surface area (Å²) in [6.45, 7) is 9.85. The quantitative estimate of drug-likeness (QED) is 0.897. The standard InChI is InChI=1S/C17H24FN3/c1-11(2)21-14-10-12(18)6-7-13(14)20-16(21)15-17(3,4)8-5-9-19-15/h6-7,10-11,15,19H,5,8-9H2,1-4H3. The van der Waals surface area contributed by atoms with Crippen molar-refractivity contribution >= 4 is 11.0 Å². The van der Waals surface area contributed by atoms with Gasteiger partial charge in [-0.1, -0.05) is 13.8 Å². The molecule has 1 aromatic heterocycles.